The minimum Gasteiger partial charge on any atom is -0.388 e. The Morgan fingerprint density at radius 3 is 2.40 bits per heavy atom. The molecule has 1 saturated heterocycles. The molecule has 0 bridgehead atoms. The van der Waals surface area contributed by atoms with Gasteiger partial charge in [-0.15, -0.1) is 0 Å². The summed E-state index contributed by atoms with van der Waals surface area (Å²) in [6.07, 6.45) is 5.55. The number of nitrogens with one attached hydrogen (secondary N) is 2. The minimum absolute atomic E-state index is 0.0416. The van der Waals surface area contributed by atoms with E-state index in [9.17, 15) is 0 Å². The third kappa shape index (κ3) is 4.04. The molecule has 1 fully saturated rings. The molecule has 0 radical (unpaired) electrons. The van der Waals surface area contributed by atoms with Gasteiger partial charge < -0.3 is 15.5 Å². The van der Waals surface area contributed by atoms with Crippen molar-refractivity contribution in [3.8, 4) is 0 Å². The van der Waals surface area contributed by atoms with Crippen LogP contribution < -0.4 is 5.32 Å². The molecule has 0 aromatic carbocycles. The van der Waals surface area contributed by atoms with Gasteiger partial charge in [0.15, 0.2) is 0 Å². The summed E-state index contributed by atoms with van der Waals surface area (Å²) in [5.41, 5.74) is 1.08. The molecule has 86 valence electrons. The third-order valence-electron chi connectivity index (χ3n) is 2.72. The molecule has 0 spiro atoms. The second-order valence-corrected chi connectivity index (χ2v) is 5.05. The van der Waals surface area contributed by atoms with Gasteiger partial charge in [0.05, 0.1) is 0 Å². The molecule has 0 saturated carbocycles. The Bertz CT molecular complexity index is 234. The topological polar surface area (TPSA) is 45.1 Å². The van der Waals surface area contributed by atoms with E-state index in [1.807, 2.05) is 6.20 Å². The molecular formula is C12H22N2O. The van der Waals surface area contributed by atoms with Crippen LogP contribution >= 0.6 is 0 Å². The van der Waals surface area contributed by atoms with Gasteiger partial charge >= 0.3 is 0 Å². The van der Waals surface area contributed by atoms with Crippen LogP contribution in [-0.4, -0.2) is 25.5 Å². The van der Waals surface area contributed by atoms with E-state index in [1.165, 1.54) is 6.21 Å². The summed E-state index contributed by atoms with van der Waals surface area (Å²) in [4.78, 5) is 0. The Morgan fingerprint density at radius 2 is 1.93 bits per heavy atom. The van der Waals surface area contributed by atoms with Gasteiger partial charge in [-0.25, -0.2) is 0 Å². The molecule has 1 rings (SSSR count). The SMILES string of the molecule is CC(C)(C)/C(C=N)=C/NC1CCOCC1. The number of hydrogen-bond acceptors (Lipinski definition) is 3. The normalized spacial score (nSPS) is 20.1. The Morgan fingerprint density at radius 1 is 1.33 bits per heavy atom. The van der Waals surface area contributed by atoms with E-state index in [0.717, 1.165) is 31.6 Å². The van der Waals surface area contributed by atoms with E-state index in [4.69, 9.17) is 10.1 Å². The zero-order valence-corrected chi connectivity index (χ0v) is 9.97. The fraction of sp³-hybridized carbons (Fsp3) is 0.750. The maximum absolute atomic E-state index is 7.37. The summed E-state index contributed by atoms with van der Waals surface area (Å²) in [6.45, 7) is 8.06. The number of hydrogen-bond donors (Lipinski definition) is 2. The maximum Gasteiger partial charge on any atom is 0.0485 e. The van der Waals surface area contributed by atoms with E-state index >= 15 is 0 Å². The quantitative estimate of drug-likeness (QED) is 0.702. The average Bonchev–Trinajstić information content (AvgIpc) is 2.18. The standard InChI is InChI=1S/C12H22N2O/c1-12(2,3)10(8-13)9-14-11-4-6-15-7-5-11/h8-9,11,13-14H,4-7H2,1-3H3/b10-9+,13-8?. The van der Waals surface area contributed by atoms with Crippen LogP contribution in [0.5, 0.6) is 0 Å². The lowest BCUT2D eigenvalue weighted by atomic mass is 9.88. The lowest BCUT2D eigenvalue weighted by molar-refractivity contribution is 0.0811. The zero-order chi connectivity index (χ0) is 11.3. The largest absolute Gasteiger partial charge is 0.388 e. The molecule has 0 aromatic heterocycles. The van der Waals surface area contributed by atoms with Crippen molar-refractivity contribution in [1.82, 2.24) is 5.32 Å². The smallest absolute Gasteiger partial charge is 0.0485 e. The lowest BCUT2D eigenvalue weighted by Gasteiger charge is -2.25. The molecule has 3 heteroatoms. The predicted molar refractivity (Wildman–Crippen MR) is 63.3 cm³/mol. The van der Waals surface area contributed by atoms with Gasteiger partial charge in [-0.3, -0.25) is 0 Å². The molecule has 0 aromatic rings. The van der Waals surface area contributed by atoms with Crippen LogP contribution in [0.1, 0.15) is 33.6 Å². The van der Waals surface area contributed by atoms with E-state index < -0.39 is 0 Å². The number of allylic oxidation sites excluding steroid dienone is 1. The number of ether oxygens (including phenoxy) is 1. The highest BCUT2D eigenvalue weighted by molar-refractivity contribution is 5.77. The van der Waals surface area contributed by atoms with E-state index in [0.29, 0.717) is 6.04 Å². The highest BCUT2D eigenvalue weighted by Crippen LogP contribution is 2.22. The molecule has 1 heterocycles. The van der Waals surface area contributed by atoms with Crippen molar-refractivity contribution in [2.24, 2.45) is 5.41 Å². The first-order valence-corrected chi connectivity index (χ1v) is 5.59. The van der Waals surface area contributed by atoms with Crippen molar-refractivity contribution in [2.45, 2.75) is 39.7 Å². The van der Waals surface area contributed by atoms with Crippen molar-refractivity contribution in [1.29, 1.82) is 5.41 Å². The molecule has 0 amide bonds. The van der Waals surface area contributed by atoms with Gasteiger partial charge in [-0.2, -0.15) is 0 Å². The van der Waals surface area contributed by atoms with Crippen LogP contribution in [0.25, 0.3) is 0 Å². The van der Waals surface area contributed by atoms with Crippen LogP contribution in [0.15, 0.2) is 11.8 Å². The summed E-state index contributed by atoms with van der Waals surface area (Å²) in [7, 11) is 0. The highest BCUT2D eigenvalue weighted by Gasteiger charge is 2.16. The first-order valence-electron chi connectivity index (χ1n) is 5.59. The third-order valence-corrected chi connectivity index (χ3v) is 2.72. The van der Waals surface area contributed by atoms with Crippen molar-refractivity contribution < 1.29 is 4.74 Å². The summed E-state index contributed by atoms with van der Waals surface area (Å²) in [5, 5.41) is 10.8. The van der Waals surface area contributed by atoms with Crippen LogP contribution in [-0.2, 0) is 4.74 Å². The Balaban J connectivity index is 2.49. The molecule has 15 heavy (non-hydrogen) atoms. The highest BCUT2D eigenvalue weighted by atomic mass is 16.5. The Kier molecular flexibility index (Phi) is 4.33. The first kappa shape index (κ1) is 12.2. The van der Waals surface area contributed by atoms with Gasteiger partial charge in [-0.1, -0.05) is 20.8 Å². The second-order valence-electron chi connectivity index (χ2n) is 5.05. The zero-order valence-electron chi connectivity index (χ0n) is 9.97. The summed E-state index contributed by atoms with van der Waals surface area (Å²) in [5.74, 6) is 0. The van der Waals surface area contributed by atoms with Gasteiger partial charge in [0, 0.05) is 31.7 Å². The molecule has 2 N–H and O–H groups in total. The molecule has 1 aliphatic heterocycles. The summed E-state index contributed by atoms with van der Waals surface area (Å²) >= 11 is 0. The summed E-state index contributed by atoms with van der Waals surface area (Å²) in [6, 6.07) is 0.510. The summed E-state index contributed by atoms with van der Waals surface area (Å²) < 4.78 is 5.29. The van der Waals surface area contributed by atoms with E-state index in [1.54, 1.807) is 0 Å². The van der Waals surface area contributed by atoms with Crippen LogP contribution in [0.4, 0.5) is 0 Å². The van der Waals surface area contributed by atoms with Gasteiger partial charge in [0.2, 0.25) is 0 Å². The number of rotatable bonds is 3. The maximum atomic E-state index is 7.37. The first-order chi connectivity index (χ1) is 7.04. The van der Waals surface area contributed by atoms with E-state index in [2.05, 4.69) is 26.1 Å². The second kappa shape index (κ2) is 5.31. The molecular weight excluding hydrogens is 188 g/mol. The fourth-order valence-electron chi connectivity index (χ4n) is 1.55. The van der Waals surface area contributed by atoms with Crippen LogP contribution in [0.2, 0.25) is 0 Å². The van der Waals surface area contributed by atoms with Crippen LogP contribution in [0.3, 0.4) is 0 Å². The predicted octanol–water partition coefficient (Wildman–Crippen LogP) is 2.33. The Hall–Kier alpha value is -0.830. The monoisotopic (exact) mass is 210 g/mol. The van der Waals surface area contributed by atoms with Crippen molar-refractivity contribution in [3.05, 3.63) is 11.8 Å². The molecule has 0 unspecified atom stereocenters. The Labute approximate surface area is 92.4 Å². The molecule has 1 aliphatic rings. The molecule has 0 aliphatic carbocycles. The molecule has 3 nitrogen and oxygen atoms in total. The molecule has 0 atom stereocenters. The van der Waals surface area contributed by atoms with E-state index in [-0.39, 0.29) is 5.41 Å². The fourth-order valence-corrected chi connectivity index (χ4v) is 1.55. The average molecular weight is 210 g/mol. The lowest BCUT2D eigenvalue weighted by Crippen LogP contribution is -2.32. The van der Waals surface area contributed by atoms with Gasteiger partial charge in [0.25, 0.3) is 0 Å². The van der Waals surface area contributed by atoms with Crippen LogP contribution in [0, 0.1) is 10.8 Å². The van der Waals surface area contributed by atoms with Gasteiger partial charge in [-0.05, 0) is 23.8 Å². The van der Waals surface area contributed by atoms with Gasteiger partial charge in [0.1, 0.15) is 0 Å². The van der Waals surface area contributed by atoms with Crippen molar-refractivity contribution in [3.63, 3.8) is 0 Å². The van der Waals surface area contributed by atoms with Crippen molar-refractivity contribution in [2.75, 3.05) is 13.2 Å². The van der Waals surface area contributed by atoms with Crippen molar-refractivity contribution >= 4 is 6.21 Å². The minimum atomic E-state index is 0.0416.